The van der Waals surface area contributed by atoms with Crippen molar-refractivity contribution >= 4 is 15.7 Å². The molecule has 2 aromatic rings. The summed E-state index contributed by atoms with van der Waals surface area (Å²) in [4.78, 5) is -0.437. The highest BCUT2D eigenvalue weighted by atomic mass is 32.2. The molecule has 4 nitrogen and oxygen atoms in total. The number of nitrogen functional groups attached to an aromatic ring is 1. The smallest absolute Gasteiger partial charge is 0.248 e. The summed E-state index contributed by atoms with van der Waals surface area (Å²) < 4.78 is 40.2. The Bertz CT molecular complexity index is 729. The molecule has 1 aliphatic heterocycles. The van der Waals surface area contributed by atoms with Gasteiger partial charge in [0.05, 0.1) is 5.69 Å². The molecule has 1 heterocycles. The van der Waals surface area contributed by atoms with Gasteiger partial charge in [0.15, 0.2) is 0 Å². The van der Waals surface area contributed by atoms with Gasteiger partial charge in [-0.1, -0.05) is 30.3 Å². The first kappa shape index (κ1) is 13.1. The molecule has 6 heteroatoms. The Kier molecular flexibility index (Phi) is 2.99. The van der Waals surface area contributed by atoms with Crippen molar-refractivity contribution in [1.29, 1.82) is 0 Å². The van der Waals surface area contributed by atoms with Crippen LogP contribution < -0.4 is 5.73 Å². The Balaban J connectivity index is 2.03. The SMILES string of the molecule is Nc1cccc(F)c1S(=O)(=O)N1Cc2ccccc2C1. The van der Waals surface area contributed by atoms with E-state index in [9.17, 15) is 12.8 Å². The summed E-state index contributed by atoms with van der Waals surface area (Å²) in [5, 5.41) is 0. The van der Waals surface area contributed by atoms with Gasteiger partial charge >= 0.3 is 0 Å². The molecule has 0 bridgehead atoms. The summed E-state index contributed by atoms with van der Waals surface area (Å²) in [6.07, 6.45) is 0. The second-order valence-electron chi connectivity index (χ2n) is 4.70. The first-order chi connectivity index (χ1) is 9.50. The van der Waals surface area contributed by atoms with Crippen molar-refractivity contribution in [2.75, 3.05) is 5.73 Å². The van der Waals surface area contributed by atoms with Crippen molar-refractivity contribution in [2.24, 2.45) is 0 Å². The minimum absolute atomic E-state index is 0.0686. The van der Waals surface area contributed by atoms with Gasteiger partial charge in [-0.2, -0.15) is 4.31 Å². The Hall–Kier alpha value is -1.92. The lowest BCUT2D eigenvalue weighted by Crippen LogP contribution is -2.27. The molecule has 3 rings (SSSR count). The van der Waals surface area contributed by atoms with Crippen LogP contribution in [-0.4, -0.2) is 12.7 Å². The number of halogens is 1. The Morgan fingerprint density at radius 1 is 1.00 bits per heavy atom. The molecule has 0 atom stereocenters. The number of hydrogen-bond donors (Lipinski definition) is 1. The van der Waals surface area contributed by atoms with Gasteiger partial charge in [0.25, 0.3) is 0 Å². The minimum atomic E-state index is -3.93. The molecule has 0 fully saturated rings. The third-order valence-electron chi connectivity index (χ3n) is 3.41. The zero-order valence-corrected chi connectivity index (χ0v) is 11.4. The molecule has 0 spiro atoms. The maximum Gasteiger partial charge on any atom is 0.248 e. The van der Waals surface area contributed by atoms with Crippen LogP contribution in [0.2, 0.25) is 0 Å². The standard InChI is InChI=1S/C14H13FN2O2S/c15-12-6-3-7-13(16)14(12)20(18,19)17-8-10-4-1-2-5-11(10)9-17/h1-7H,8-9,16H2. The Morgan fingerprint density at radius 2 is 1.60 bits per heavy atom. The van der Waals surface area contributed by atoms with Gasteiger partial charge in [-0.25, -0.2) is 12.8 Å². The zero-order chi connectivity index (χ0) is 14.3. The molecule has 0 radical (unpaired) electrons. The van der Waals surface area contributed by atoms with E-state index in [2.05, 4.69) is 0 Å². The molecular formula is C14H13FN2O2S. The van der Waals surface area contributed by atoms with E-state index in [1.54, 1.807) is 0 Å². The molecule has 0 saturated heterocycles. The van der Waals surface area contributed by atoms with E-state index in [1.165, 1.54) is 16.4 Å². The zero-order valence-electron chi connectivity index (χ0n) is 10.6. The van der Waals surface area contributed by atoms with Crippen LogP contribution >= 0.6 is 0 Å². The highest BCUT2D eigenvalue weighted by Crippen LogP contribution is 2.31. The number of nitrogens with two attached hydrogens (primary N) is 1. The lowest BCUT2D eigenvalue weighted by atomic mass is 10.1. The molecule has 0 amide bonds. The van der Waals surface area contributed by atoms with Crippen LogP contribution in [-0.2, 0) is 23.1 Å². The first-order valence-corrected chi connectivity index (χ1v) is 7.55. The number of sulfonamides is 1. The summed E-state index contributed by atoms with van der Waals surface area (Å²) >= 11 is 0. The molecule has 0 unspecified atom stereocenters. The number of benzene rings is 2. The topological polar surface area (TPSA) is 63.4 Å². The van der Waals surface area contributed by atoms with Gasteiger partial charge in [-0.15, -0.1) is 0 Å². The van der Waals surface area contributed by atoms with Crippen molar-refractivity contribution < 1.29 is 12.8 Å². The van der Waals surface area contributed by atoms with Crippen molar-refractivity contribution in [3.05, 3.63) is 59.4 Å². The lowest BCUT2D eigenvalue weighted by molar-refractivity contribution is 0.427. The van der Waals surface area contributed by atoms with Crippen LogP contribution in [0.1, 0.15) is 11.1 Å². The van der Waals surface area contributed by atoms with Gasteiger partial charge < -0.3 is 5.73 Å². The summed E-state index contributed by atoms with van der Waals surface area (Å²) in [7, 11) is -3.93. The van der Waals surface area contributed by atoms with E-state index < -0.39 is 20.7 Å². The van der Waals surface area contributed by atoms with E-state index in [-0.39, 0.29) is 18.8 Å². The van der Waals surface area contributed by atoms with Crippen LogP contribution in [0.25, 0.3) is 0 Å². The average molecular weight is 292 g/mol. The Morgan fingerprint density at radius 3 is 2.15 bits per heavy atom. The van der Waals surface area contributed by atoms with Crippen molar-refractivity contribution in [2.45, 2.75) is 18.0 Å². The van der Waals surface area contributed by atoms with Gasteiger partial charge in [-0.05, 0) is 23.3 Å². The van der Waals surface area contributed by atoms with Crippen LogP contribution in [0.5, 0.6) is 0 Å². The normalized spacial score (nSPS) is 15.2. The lowest BCUT2D eigenvalue weighted by Gasteiger charge is -2.17. The number of fused-ring (bicyclic) bond motifs is 1. The minimum Gasteiger partial charge on any atom is -0.398 e. The summed E-state index contributed by atoms with van der Waals surface area (Å²) in [6.45, 7) is 0.485. The fourth-order valence-electron chi connectivity index (χ4n) is 2.40. The monoisotopic (exact) mass is 292 g/mol. The molecule has 0 saturated carbocycles. The maximum atomic E-state index is 13.8. The van der Waals surface area contributed by atoms with E-state index in [4.69, 9.17) is 5.73 Å². The third kappa shape index (κ3) is 1.97. The van der Waals surface area contributed by atoms with Crippen LogP contribution in [0.4, 0.5) is 10.1 Å². The van der Waals surface area contributed by atoms with Gasteiger partial charge in [0.2, 0.25) is 10.0 Å². The van der Waals surface area contributed by atoms with Gasteiger partial charge in [0.1, 0.15) is 10.7 Å². The predicted molar refractivity (Wildman–Crippen MR) is 73.7 cm³/mol. The molecule has 20 heavy (non-hydrogen) atoms. The quantitative estimate of drug-likeness (QED) is 0.862. The summed E-state index contributed by atoms with van der Waals surface area (Å²) in [5.74, 6) is -0.819. The third-order valence-corrected chi connectivity index (χ3v) is 5.29. The predicted octanol–water partition coefficient (Wildman–Crippen LogP) is 2.11. The van der Waals surface area contributed by atoms with Crippen molar-refractivity contribution in [3.63, 3.8) is 0 Å². The second kappa shape index (κ2) is 4.57. The molecule has 0 aliphatic carbocycles. The molecule has 1 aliphatic rings. The highest BCUT2D eigenvalue weighted by molar-refractivity contribution is 7.89. The number of hydrogen-bond acceptors (Lipinski definition) is 3. The van der Waals surface area contributed by atoms with Crippen LogP contribution in [0.15, 0.2) is 47.4 Å². The molecular weight excluding hydrogens is 279 g/mol. The Labute approximate surface area is 116 Å². The largest absolute Gasteiger partial charge is 0.398 e. The van der Waals surface area contributed by atoms with Crippen molar-refractivity contribution in [1.82, 2.24) is 4.31 Å². The van der Waals surface area contributed by atoms with E-state index in [1.807, 2.05) is 24.3 Å². The van der Waals surface area contributed by atoms with Crippen molar-refractivity contribution in [3.8, 4) is 0 Å². The van der Waals surface area contributed by atoms with Crippen LogP contribution in [0.3, 0.4) is 0 Å². The summed E-state index contributed by atoms with van der Waals surface area (Å²) in [5.41, 5.74) is 7.44. The fourth-order valence-corrected chi connectivity index (χ4v) is 3.96. The molecule has 0 aromatic heterocycles. The van der Waals surface area contributed by atoms with Gasteiger partial charge in [0, 0.05) is 13.1 Å². The number of rotatable bonds is 2. The first-order valence-electron chi connectivity index (χ1n) is 6.11. The molecule has 2 aromatic carbocycles. The fraction of sp³-hybridized carbons (Fsp3) is 0.143. The van der Waals surface area contributed by atoms with Gasteiger partial charge in [-0.3, -0.25) is 0 Å². The average Bonchev–Trinajstić information content (AvgIpc) is 2.82. The van der Waals surface area contributed by atoms with Crippen LogP contribution in [0, 0.1) is 5.82 Å². The number of anilines is 1. The second-order valence-corrected chi connectivity index (χ2v) is 6.57. The summed E-state index contributed by atoms with van der Waals surface area (Å²) in [6, 6.07) is 11.3. The molecule has 2 N–H and O–H groups in total. The van der Waals surface area contributed by atoms with E-state index in [0.29, 0.717) is 0 Å². The number of nitrogens with zero attached hydrogens (tertiary/aromatic N) is 1. The van der Waals surface area contributed by atoms with E-state index in [0.717, 1.165) is 17.2 Å². The van der Waals surface area contributed by atoms with E-state index >= 15 is 0 Å². The maximum absolute atomic E-state index is 13.8. The highest BCUT2D eigenvalue weighted by Gasteiger charge is 2.33. The molecule has 104 valence electrons.